The lowest BCUT2D eigenvalue weighted by molar-refractivity contribution is 0.141. The first-order chi connectivity index (χ1) is 14.5. The fourth-order valence-electron chi connectivity index (χ4n) is 3.41. The molecule has 1 aromatic rings. The predicted molar refractivity (Wildman–Crippen MR) is 117 cm³/mol. The molecule has 0 aliphatic carbocycles. The Labute approximate surface area is 180 Å². The second-order valence-corrected chi connectivity index (χ2v) is 7.04. The van der Waals surface area contributed by atoms with Gasteiger partial charge in [0.05, 0.1) is 19.8 Å². The second kappa shape index (κ2) is 14.6. The molecule has 0 saturated heterocycles. The van der Waals surface area contributed by atoms with Crippen molar-refractivity contribution >= 4 is 6.16 Å². The van der Waals surface area contributed by atoms with Crippen LogP contribution in [0, 0.1) is 0 Å². The van der Waals surface area contributed by atoms with Gasteiger partial charge >= 0.3 is 6.16 Å². The molecule has 30 heavy (non-hydrogen) atoms. The van der Waals surface area contributed by atoms with E-state index < -0.39 is 6.16 Å². The molecule has 2 N–H and O–H groups in total. The highest BCUT2D eigenvalue weighted by Crippen LogP contribution is 2.53. The van der Waals surface area contributed by atoms with Gasteiger partial charge < -0.3 is 29.2 Å². The largest absolute Gasteiger partial charge is 0.511 e. The number of carboxylic acid groups (broad SMARTS) is 1. The standard InChI is InChI=1S/C23H38O7/c1-5-9-10-11-12-13-14-15-16-17-19(30-23(25)26)18(24)21(28-7-3)22(29-8-4)20(17)27-6-2/h24H,5-16H2,1-4H3,(H,25,26). The number of rotatable bonds is 16. The van der Waals surface area contributed by atoms with Gasteiger partial charge in [-0.15, -0.1) is 0 Å². The highest BCUT2D eigenvalue weighted by atomic mass is 16.7. The summed E-state index contributed by atoms with van der Waals surface area (Å²) in [6.45, 7) is 8.59. The number of ether oxygens (including phenoxy) is 4. The van der Waals surface area contributed by atoms with Gasteiger partial charge in [0.2, 0.25) is 17.2 Å². The highest BCUT2D eigenvalue weighted by Gasteiger charge is 2.29. The van der Waals surface area contributed by atoms with Crippen LogP contribution in [0.5, 0.6) is 28.7 Å². The minimum absolute atomic E-state index is 0.0405. The predicted octanol–water partition coefficient (Wildman–Crippen LogP) is 6.33. The van der Waals surface area contributed by atoms with E-state index in [1.807, 2.05) is 13.8 Å². The van der Waals surface area contributed by atoms with E-state index >= 15 is 0 Å². The van der Waals surface area contributed by atoms with Crippen molar-refractivity contribution in [3.8, 4) is 28.7 Å². The molecular formula is C23H38O7. The smallest absolute Gasteiger partial charge is 0.502 e. The maximum absolute atomic E-state index is 11.3. The molecule has 0 heterocycles. The summed E-state index contributed by atoms with van der Waals surface area (Å²) >= 11 is 0. The molecule has 0 unspecified atom stereocenters. The molecule has 7 nitrogen and oxygen atoms in total. The van der Waals surface area contributed by atoms with E-state index in [4.69, 9.17) is 18.9 Å². The summed E-state index contributed by atoms with van der Waals surface area (Å²) in [5.74, 6) is 0.186. The van der Waals surface area contributed by atoms with Crippen LogP contribution in [0.1, 0.15) is 84.6 Å². The van der Waals surface area contributed by atoms with Crippen LogP contribution in [0.25, 0.3) is 0 Å². The third-order valence-electron chi connectivity index (χ3n) is 4.73. The quantitative estimate of drug-likeness (QED) is 0.181. The molecule has 0 spiro atoms. The maximum atomic E-state index is 11.3. The van der Waals surface area contributed by atoms with Gasteiger partial charge in [-0.3, -0.25) is 0 Å². The molecule has 0 aliphatic rings. The Morgan fingerprint density at radius 3 is 1.73 bits per heavy atom. The van der Waals surface area contributed by atoms with E-state index in [1.54, 1.807) is 6.92 Å². The van der Waals surface area contributed by atoms with Crippen LogP contribution in [0.15, 0.2) is 0 Å². The van der Waals surface area contributed by atoms with Crippen molar-refractivity contribution in [2.75, 3.05) is 19.8 Å². The van der Waals surface area contributed by atoms with Crippen LogP contribution < -0.4 is 18.9 Å². The molecular weight excluding hydrogens is 388 g/mol. The molecule has 1 rings (SSSR count). The fraction of sp³-hybridized carbons (Fsp3) is 0.696. The Morgan fingerprint density at radius 2 is 1.20 bits per heavy atom. The molecule has 0 radical (unpaired) electrons. The highest BCUT2D eigenvalue weighted by molar-refractivity contribution is 5.73. The van der Waals surface area contributed by atoms with Crippen molar-refractivity contribution in [2.24, 2.45) is 0 Å². The van der Waals surface area contributed by atoms with Crippen molar-refractivity contribution < 1.29 is 34.0 Å². The number of phenols is 1. The summed E-state index contributed by atoms with van der Waals surface area (Å²) in [5.41, 5.74) is 0.495. The van der Waals surface area contributed by atoms with Crippen molar-refractivity contribution in [1.29, 1.82) is 0 Å². The number of unbranched alkanes of at least 4 members (excludes halogenated alkanes) is 7. The number of carbonyl (C=O) groups is 1. The number of benzene rings is 1. The Balaban J connectivity index is 3.13. The zero-order chi connectivity index (χ0) is 22.4. The third-order valence-corrected chi connectivity index (χ3v) is 4.73. The Morgan fingerprint density at radius 1 is 0.700 bits per heavy atom. The molecule has 0 atom stereocenters. The van der Waals surface area contributed by atoms with E-state index in [0.717, 1.165) is 19.3 Å². The molecule has 0 bridgehead atoms. The van der Waals surface area contributed by atoms with Gasteiger partial charge in [0.15, 0.2) is 11.5 Å². The van der Waals surface area contributed by atoms with E-state index in [1.165, 1.54) is 32.1 Å². The lowest BCUT2D eigenvalue weighted by Gasteiger charge is -2.22. The van der Waals surface area contributed by atoms with Crippen molar-refractivity contribution in [2.45, 2.75) is 85.5 Å². The number of hydrogen-bond donors (Lipinski definition) is 2. The van der Waals surface area contributed by atoms with Gasteiger partial charge in [0.1, 0.15) is 0 Å². The molecule has 0 aliphatic heterocycles. The molecule has 172 valence electrons. The minimum Gasteiger partial charge on any atom is -0.502 e. The fourth-order valence-corrected chi connectivity index (χ4v) is 3.41. The van der Waals surface area contributed by atoms with Crippen LogP contribution in [0.4, 0.5) is 4.79 Å². The first-order valence-electron chi connectivity index (χ1n) is 11.2. The Hall–Kier alpha value is -2.31. The maximum Gasteiger partial charge on any atom is 0.511 e. The van der Waals surface area contributed by atoms with Crippen LogP contribution in [0.2, 0.25) is 0 Å². The lowest BCUT2D eigenvalue weighted by Crippen LogP contribution is -2.11. The third kappa shape index (κ3) is 7.84. The summed E-state index contributed by atoms with van der Waals surface area (Å²) in [5, 5.41) is 19.9. The Kier molecular flexibility index (Phi) is 12.6. The average Bonchev–Trinajstić information content (AvgIpc) is 2.71. The molecule has 0 aromatic heterocycles. The van der Waals surface area contributed by atoms with Crippen molar-refractivity contribution in [3.63, 3.8) is 0 Å². The van der Waals surface area contributed by atoms with Crippen LogP contribution >= 0.6 is 0 Å². The van der Waals surface area contributed by atoms with Crippen molar-refractivity contribution in [1.82, 2.24) is 0 Å². The normalized spacial score (nSPS) is 10.7. The first-order valence-corrected chi connectivity index (χ1v) is 11.2. The van der Waals surface area contributed by atoms with E-state index in [-0.39, 0.29) is 29.6 Å². The van der Waals surface area contributed by atoms with Gasteiger partial charge in [-0.1, -0.05) is 51.9 Å². The van der Waals surface area contributed by atoms with Crippen LogP contribution in [-0.2, 0) is 6.42 Å². The first kappa shape index (κ1) is 25.7. The summed E-state index contributed by atoms with van der Waals surface area (Å²) in [6.07, 6.45) is 8.15. The SMILES string of the molecule is CCCCCCCCCCc1c(OC(=O)O)c(O)c(OCC)c(OCC)c1OCC. The summed E-state index contributed by atoms with van der Waals surface area (Å²) in [7, 11) is 0. The lowest BCUT2D eigenvalue weighted by atomic mass is 10.0. The second-order valence-electron chi connectivity index (χ2n) is 7.04. The molecule has 0 amide bonds. The summed E-state index contributed by atoms with van der Waals surface area (Å²) < 4.78 is 22.0. The van der Waals surface area contributed by atoms with Gasteiger partial charge in [-0.25, -0.2) is 4.79 Å². The van der Waals surface area contributed by atoms with Gasteiger partial charge in [-0.05, 0) is 33.6 Å². The Bertz CT molecular complexity index is 643. The van der Waals surface area contributed by atoms with Crippen molar-refractivity contribution in [3.05, 3.63) is 5.56 Å². The summed E-state index contributed by atoms with van der Waals surface area (Å²) in [4.78, 5) is 11.3. The molecule has 0 saturated carbocycles. The molecule has 7 heteroatoms. The number of hydrogen-bond acceptors (Lipinski definition) is 6. The van der Waals surface area contributed by atoms with Gasteiger partial charge in [0, 0.05) is 5.56 Å². The molecule has 0 fully saturated rings. The van der Waals surface area contributed by atoms with Crippen LogP contribution in [0.3, 0.4) is 0 Å². The average molecular weight is 427 g/mol. The monoisotopic (exact) mass is 426 g/mol. The zero-order valence-corrected chi connectivity index (χ0v) is 18.9. The number of aromatic hydroxyl groups is 1. The summed E-state index contributed by atoms with van der Waals surface area (Å²) in [6, 6.07) is 0. The van der Waals surface area contributed by atoms with E-state index in [9.17, 15) is 15.0 Å². The zero-order valence-electron chi connectivity index (χ0n) is 18.9. The minimum atomic E-state index is -1.50. The number of phenolic OH excluding ortho intramolecular Hbond substituents is 1. The van der Waals surface area contributed by atoms with Crippen LogP contribution in [-0.4, -0.2) is 36.2 Å². The topological polar surface area (TPSA) is 94.5 Å². The van der Waals surface area contributed by atoms with Gasteiger partial charge in [-0.2, -0.15) is 0 Å². The van der Waals surface area contributed by atoms with E-state index in [2.05, 4.69) is 6.92 Å². The molecule has 1 aromatic carbocycles. The van der Waals surface area contributed by atoms with E-state index in [0.29, 0.717) is 30.9 Å². The van der Waals surface area contributed by atoms with Gasteiger partial charge in [0.25, 0.3) is 0 Å².